The third-order valence-electron chi connectivity index (χ3n) is 3.59. The monoisotopic (exact) mass is 310 g/mol. The lowest BCUT2D eigenvalue weighted by Crippen LogP contribution is -2.30. The van der Waals surface area contributed by atoms with Gasteiger partial charge in [0, 0.05) is 18.1 Å². The molecule has 0 unspecified atom stereocenters. The summed E-state index contributed by atoms with van der Waals surface area (Å²) in [4.78, 5) is 18.5. The summed E-state index contributed by atoms with van der Waals surface area (Å²) in [5, 5.41) is 2.55. The molecule has 0 aliphatic rings. The number of benzene rings is 2. The molecule has 22 heavy (non-hydrogen) atoms. The van der Waals surface area contributed by atoms with Crippen molar-refractivity contribution in [2.24, 2.45) is 0 Å². The maximum absolute atomic E-state index is 12.8. The van der Waals surface area contributed by atoms with Crippen LogP contribution >= 0.6 is 11.6 Å². The zero-order valence-electron chi connectivity index (χ0n) is 12.2. The highest BCUT2D eigenvalue weighted by Gasteiger charge is 2.18. The quantitative estimate of drug-likeness (QED) is 0.665. The summed E-state index contributed by atoms with van der Waals surface area (Å²) >= 11 is 5.79. The number of amides is 1. The lowest BCUT2D eigenvalue weighted by molar-refractivity contribution is 0.0988. The number of fused-ring (bicyclic) bond motifs is 1. The molecule has 1 aromatic heterocycles. The normalized spacial score (nSPS) is 10.6. The van der Waals surface area contributed by atoms with E-state index in [-0.39, 0.29) is 5.91 Å². The number of halogens is 1. The highest BCUT2D eigenvalue weighted by molar-refractivity contribution is 6.29. The van der Waals surface area contributed by atoms with Crippen molar-refractivity contribution in [3.8, 4) is 0 Å². The molecular weight excluding hydrogens is 296 g/mol. The van der Waals surface area contributed by atoms with Crippen LogP contribution in [-0.4, -0.2) is 17.4 Å². The van der Waals surface area contributed by atoms with Crippen LogP contribution in [0.2, 0.25) is 5.15 Å². The van der Waals surface area contributed by atoms with Crippen LogP contribution in [0.3, 0.4) is 0 Å². The van der Waals surface area contributed by atoms with Crippen LogP contribution in [0.25, 0.3) is 10.8 Å². The van der Waals surface area contributed by atoms with Gasteiger partial charge < -0.3 is 4.90 Å². The van der Waals surface area contributed by atoms with E-state index in [1.165, 1.54) is 6.20 Å². The molecular formula is C18H15ClN2O. The van der Waals surface area contributed by atoms with E-state index in [4.69, 9.17) is 11.6 Å². The van der Waals surface area contributed by atoms with Crippen LogP contribution in [0.1, 0.15) is 17.3 Å². The average Bonchev–Trinajstić information content (AvgIpc) is 2.56. The van der Waals surface area contributed by atoms with Crippen molar-refractivity contribution in [2.45, 2.75) is 6.92 Å². The molecule has 3 nitrogen and oxygen atoms in total. The van der Waals surface area contributed by atoms with Gasteiger partial charge in [-0.05, 0) is 30.5 Å². The molecule has 0 saturated carbocycles. The summed E-state index contributed by atoms with van der Waals surface area (Å²) < 4.78 is 0. The van der Waals surface area contributed by atoms with Gasteiger partial charge in [-0.2, -0.15) is 0 Å². The van der Waals surface area contributed by atoms with Crippen molar-refractivity contribution in [3.63, 3.8) is 0 Å². The van der Waals surface area contributed by atoms with Crippen molar-refractivity contribution in [1.29, 1.82) is 0 Å². The lowest BCUT2D eigenvalue weighted by Gasteiger charge is -2.22. The molecule has 0 atom stereocenters. The Bertz CT molecular complexity index is 809. The molecule has 110 valence electrons. The Morgan fingerprint density at radius 1 is 1.09 bits per heavy atom. The Morgan fingerprint density at radius 2 is 1.86 bits per heavy atom. The first-order valence-electron chi connectivity index (χ1n) is 7.12. The minimum absolute atomic E-state index is 0.0805. The predicted molar refractivity (Wildman–Crippen MR) is 90.5 cm³/mol. The van der Waals surface area contributed by atoms with Crippen LogP contribution in [0.15, 0.2) is 60.8 Å². The van der Waals surface area contributed by atoms with Gasteiger partial charge in [0.1, 0.15) is 5.15 Å². The highest BCUT2D eigenvalue weighted by atomic mass is 35.5. The second kappa shape index (κ2) is 6.16. The van der Waals surface area contributed by atoms with E-state index in [0.29, 0.717) is 17.3 Å². The Balaban J connectivity index is 2.06. The Kier molecular flexibility index (Phi) is 4.07. The third kappa shape index (κ3) is 2.68. The molecule has 3 rings (SSSR count). The standard InChI is InChI=1S/C18H15ClN2O/c1-2-21(18(22)14-10-11-17(19)20-12-14)16-9-5-7-13-6-3-4-8-15(13)16/h3-12H,2H2,1H3. The fraction of sp³-hybridized carbons (Fsp3) is 0.111. The van der Waals surface area contributed by atoms with Crippen LogP contribution < -0.4 is 4.90 Å². The zero-order chi connectivity index (χ0) is 15.5. The van der Waals surface area contributed by atoms with Gasteiger partial charge in [-0.3, -0.25) is 4.79 Å². The smallest absolute Gasteiger partial charge is 0.259 e. The second-order valence-electron chi connectivity index (χ2n) is 4.92. The first-order chi connectivity index (χ1) is 10.7. The molecule has 1 amide bonds. The van der Waals surface area contributed by atoms with E-state index < -0.39 is 0 Å². The van der Waals surface area contributed by atoms with Gasteiger partial charge in [0.05, 0.1) is 11.3 Å². The average molecular weight is 311 g/mol. The second-order valence-corrected chi connectivity index (χ2v) is 5.30. The van der Waals surface area contributed by atoms with Gasteiger partial charge >= 0.3 is 0 Å². The summed E-state index contributed by atoms with van der Waals surface area (Å²) in [5.41, 5.74) is 1.43. The van der Waals surface area contributed by atoms with E-state index in [0.717, 1.165) is 16.5 Å². The van der Waals surface area contributed by atoms with Crippen LogP contribution in [0.5, 0.6) is 0 Å². The largest absolute Gasteiger partial charge is 0.308 e. The summed E-state index contributed by atoms with van der Waals surface area (Å²) in [5.74, 6) is -0.0805. The van der Waals surface area contributed by atoms with Gasteiger partial charge in [-0.25, -0.2) is 4.98 Å². The SMILES string of the molecule is CCN(C(=O)c1ccc(Cl)nc1)c1cccc2ccccc12. The van der Waals surface area contributed by atoms with E-state index >= 15 is 0 Å². The summed E-state index contributed by atoms with van der Waals surface area (Å²) in [6.45, 7) is 2.54. The molecule has 1 heterocycles. The van der Waals surface area contributed by atoms with Crippen LogP contribution in [0, 0.1) is 0 Å². The maximum Gasteiger partial charge on any atom is 0.259 e. The van der Waals surface area contributed by atoms with E-state index in [1.807, 2.05) is 49.4 Å². The van der Waals surface area contributed by atoms with Crippen molar-refractivity contribution in [2.75, 3.05) is 11.4 Å². The number of carbonyl (C=O) groups is 1. The first-order valence-corrected chi connectivity index (χ1v) is 7.49. The van der Waals surface area contributed by atoms with Gasteiger partial charge in [0.2, 0.25) is 0 Å². The fourth-order valence-corrected chi connectivity index (χ4v) is 2.64. The van der Waals surface area contributed by atoms with Gasteiger partial charge in [-0.15, -0.1) is 0 Å². The molecule has 0 aliphatic heterocycles. The molecule has 0 fully saturated rings. The van der Waals surface area contributed by atoms with Crippen molar-refractivity contribution >= 4 is 34.0 Å². The summed E-state index contributed by atoms with van der Waals surface area (Å²) in [6, 6.07) is 17.3. The first kappa shape index (κ1) is 14.5. The van der Waals surface area contributed by atoms with E-state index in [1.54, 1.807) is 17.0 Å². The molecule has 0 aliphatic carbocycles. The minimum Gasteiger partial charge on any atom is -0.308 e. The van der Waals surface area contributed by atoms with Crippen molar-refractivity contribution in [3.05, 3.63) is 71.5 Å². The van der Waals surface area contributed by atoms with E-state index in [2.05, 4.69) is 4.98 Å². The number of aromatic nitrogens is 1. The number of carbonyl (C=O) groups excluding carboxylic acids is 1. The molecule has 0 N–H and O–H groups in total. The number of hydrogen-bond donors (Lipinski definition) is 0. The Labute approximate surface area is 134 Å². The number of anilines is 1. The number of rotatable bonds is 3. The summed E-state index contributed by atoms with van der Waals surface area (Å²) in [7, 11) is 0. The zero-order valence-corrected chi connectivity index (χ0v) is 12.9. The fourth-order valence-electron chi connectivity index (χ4n) is 2.53. The molecule has 0 saturated heterocycles. The molecule has 0 radical (unpaired) electrons. The third-order valence-corrected chi connectivity index (χ3v) is 3.82. The number of pyridine rings is 1. The molecule has 4 heteroatoms. The number of hydrogen-bond acceptors (Lipinski definition) is 2. The maximum atomic E-state index is 12.8. The number of nitrogens with zero attached hydrogens (tertiary/aromatic N) is 2. The summed E-state index contributed by atoms with van der Waals surface area (Å²) in [6.07, 6.45) is 1.51. The van der Waals surface area contributed by atoms with Crippen molar-refractivity contribution in [1.82, 2.24) is 4.98 Å². The van der Waals surface area contributed by atoms with Gasteiger partial charge in [0.25, 0.3) is 5.91 Å². The van der Waals surface area contributed by atoms with Crippen LogP contribution in [0.4, 0.5) is 5.69 Å². The molecule has 3 aromatic rings. The van der Waals surface area contributed by atoms with Crippen LogP contribution in [-0.2, 0) is 0 Å². The predicted octanol–water partition coefficient (Wildman–Crippen LogP) is 4.55. The highest BCUT2D eigenvalue weighted by Crippen LogP contribution is 2.27. The Hall–Kier alpha value is -2.39. The Morgan fingerprint density at radius 3 is 2.59 bits per heavy atom. The van der Waals surface area contributed by atoms with Crippen molar-refractivity contribution < 1.29 is 4.79 Å². The topological polar surface area (TPSA) is 33.2 Å². The lowest BCUT2D eigenvalue weighted by atomic mass is 10.1. The molecule has 2 aromatic carbocycles. The minimum atomic E-state index is -0.0805. The molecule has 0 spiro atoms. The molecule has 0 bridgehead atoms. The van der Waals surface area contributed by atoms with Gasteiger partial charge in [-0.1, -0.05) is 48.0 Å². The van der Waals surface area contributed by atoms with Gasteiger partial charge in [0.15, 0.2) is 0 Å². The van der Waals surface area contributed by atoms with E-state index in [9.17, 15) is 4.79 Å².